The average molecular weight is 209 g/mol. The van der Waals surface area contributed by atoms with Crippen molar-refractivity contribution in [3.05, 3.63) is 16.1 Å². The van der Waals surface area contributed by atoms with Gasteiger partial charge in [0, 0.05) is 12.3 Å². The highest BCUT2D eigenvalue weighted by Crippen LogP contribution is 2.10. The number of hydrogen-bond acceptors (Lipinski definition) is 6. The van der Waals surface area contributed by atoms with E-state index in [1.54, 1.807) is 12.3 Å². The number of thiazole rings is 1. The first-order chi connectivity index (χ1) is 6.63. The van der Waals surface area contributed by atoms with Crippen LogP contribution in [0.15, 0.2) is 10.5 Å². The van der Waals surface area contributed by atoms with E-state index in [0.717, 1.165) is 0 Å². The van der Waals surface area contributed by atoms with Crippen molar-refractivity contribution in [1.82, 2.24) is 4.98 Å². The van der Waals surface area contributed by atoms with E-state index in [-0.39, 0.29) is 0 Å². The third kappa shape index (κ3) is 2.64. The first-order valence-corrected chi connectivity index (χ1v) is 4.59. The normalized spacial score (nSPS) is 10.8. The number of oxime groups is 1. The third-order valence-corrected chi connectivity index (χ3v) is 2.19. The minimum absolute atomic E-state index is 0.336. The van der Waals surface area contributed by atoms with Crippen LogP contribution in [0.5, 0.6) is 0 Å². The Kier molecular flexibility index (Phi) is 3.31. The van der Waals surface area contributed by atoms with Gasteiger partial charge in [0.25, 0.3) is 0 Å². The SMILES string of the molecule is CC(=O)ON=C(C)c1nc(C#N)cs1. The van der Waals surface area contributed by atoms with Gasteiger partial charge in [-0.2, -0.15) is 5.26 Å². The molecule has 0 radical (unpaired) electrons. The van der Waals surface area contributed by atoms with E-state index >= 15 is 0 Å². The van der Waals surface area contributed by atoms with Crippen molar-refractivity contribution in [3.8, 4) is 6.07 Å². The molecule has 0 aliphatic carbocycles. The number of carbonyl (C=O) groups is 1. The van der Waals surface area contributed by atoms with Crippen LogP contribution in [0.1, 0.15) is 24.5 Å². The summed E-state index contributed by atoms with van der Waals surface area (Å²) >= 11 is 1.28. The molecule has 5 nitrogen and oxygen atoms in total. The minimum Gasteiger partial charge on any atom is -0.318 e. The Bertz CT molecular complexity index is 416. The molecule has 0 aliphatic rings. The number of nitrogens with zero attached hydrogens (tertiary/aromatic N) is 3. The van der Waals surface area contributed by atoms with Gasteiger partial charge in [0.15, 0.2) is 5.69 Å². The maximum absolute atomic E-state index is 10.4. The lowest BCUT2D eigenvalue weighted by Gasteiger charge is -1.93. The second kappa shape index (κ2) is 4.48. The molecule has 0 bridgehead atoms. The van der Waals surface area contributed by atoms with E-state index in [1.807, 2.05) is 6.07 Å². The number of carbonyl (C=O) groups excluding carboxylic acids is 1. The molecule has 14 heavy (non-hydrogen) atoms. The van der Waals surface area contributed by atoms with Crippen LogP contribution in [0.25, 0.3) is 0 Å². The van der Waals surface area contributed by atoms with E-state index in [4.69, 9.17) is 5.26 Å². The summed E-state index contributed by atoms with van der Waals surface area (Å²) in [5.74, 6) is -0.485. The molecule has 0 spiro atoms. The molecule has 1 aromatic heterocycles. The maximum atomic E-state index is 10.4. The predicted molar refractivity (Wildman–Crippen MR) is 50.8 cm³/mol. The molecule has 72 valence electrons. The van der Waals surface area contributed by atoms with Crippen molar-refractivity contribution in [3.63, 3.8) is 0 Å². The summed E-state index contributed by atoms with van der Waals surface area (Å²) in [7, 11) is 0. The van der Waals surface area contributed by atoms with Crippen molar-refractivity contribution in [2.45, 2.75) is 13.8 Å². The number of nitriles is 1. The van der Waals surface area contributed by atoms with Gasteiger partial charge >= 0.3 is 5.97 Å². The van der Waals surface area contributed by atoms with Crippen LogP contribution in [0.3, 0.4) is 0 Å². The van der Waals surface area contributed by atoms with Crippen molar-refractivity contribution >= 4 is 23.0 Å². The summed E-state index contributed by atoms with van der Waals surface area (Å²) in [6, 6.07) is 1.90. The van der Waals surface area contributed by atoms with Crippen LogP contribution >= 0.6 is 11.3 Å². The lowest BCUT2D eigenvalue weighted by molar-refractivity contribution is -0.140. The fourth-order valence-corrected chi connectivity index (χ4v) is 1.35. The van der Waals surface area contributed by atoms with Crippen LogP contribution in [0.4, 0.5) is 0 Å². The fourth-order valence-electron chi connectivity index (χ4n) is 0.663. The quantitative estimate of drug-likeness (QED) is 0.418. The van der Waals surface area contributed by atoms with Crippen LogP contribution in [-0.2, 0) is 9.63 Å². The Hall–Kier alpha value is -1.74. The third-order valence-electron chi connectivity index (χ3n) is 1.24. The van der Waals surface area contributed by atoms with Gasteiger partial charge in [0.1, 0.15) is 16.8 Å². The van der Waals surface area contributed by atoms with Gasteiger partial charge in [-0.05, 0) is 6.92 Å². The maximum Gasteiger partial charge on any atom is 0.331 e. The second-order valence-corrected chi connectivity index (χ2v) is 3.27. The molecular formula is C8H7N3O2S. The second-order valence-electron chi connectivity index (χ2n) is 2.41. The minimum atomic E-state index is -0.485. The Labute approximate surface area is 84.6 Å². The van der Waals surface area contributed by atoms with Crippen LogP contribution in [0, 0.1) is 11.3 Å². The fraction of sp³-hybridized carbons (Fsp3) is 0.250. The van der Waals surface area contributed by atoms with E-state index in [9.17, 15) is 4.79 Å². The summed E-state index contributed by atoms with van der Waals surface area (Å²) < 4.78 is 0. The summed E-state index contributed by atoms with van der Waals surface area (Å²) in [6.45, 7) is 2.92. The Morgan fingerprint density at radius 1 is 1.71 bits per heavy atom. The van der Waals surface area contributed by atoms with Crippen molar-refractivity contribution in [2.75, 3.05) is 0 Å². The molecule has 1 heterocycles. The highest BCUT2D eigenvalue weighted by atomic mass is 32.1. The topological polar surface area (TPSA) is 75.3 Å². The zero-order valence-electron chi connectivity index (χ0n) is 7.64. The number of rotatable bonds is 2. The summed E-state index contributed by atoms with van der Waals surface area (Å²) in [5, 5.41) is 14.3. The lowest BCUT2D eigenvalue weighted by atomic mass is 10.4. The molecule has 6 heteroatoms. The predicted octanol–water partition coefficient (Wildman–Crippen LogP) is 1.30. The van der Waals surface area contributed by atoms with Crippen LogP contribution in [-0.4, -0.2) is 16.7 Å². The first kappa shape index (κ1) is 10.3. The highest BCUT2D eigenvalue weighted by molar-refractivity contribution is 7.11. The van der Waals surface area contributed by atoms with Crippen molar-refractivity contribution in [1.29, 1.82) is 5.26 Å². The van der Waals surface area contributed by atoms with Crippen LogP contribution < -0.4 is 0 Å². The van der Waals surface area contributed by atoms with Gasteiger partial charge < -0.3 is 4.84 Å². The largest absolute Gasteiger partial charge is 0.331 e. The van der Waals surface area contributed by atoms with Gasteiger partial charge in [0.05, 0.1) is 0 Å². The van der Waals surface area contributed by atoms with E-state index < -0.39 is 5.97 Å². The zero-order chi connectivity index (χ0) is 10.6. The molecule has 1 rings (SSSR count). The molecule has 0 saturated heterocycles. The average Bonchev–Trinajstić information content (AvgIpc) is 2.62. The Morgan fingerprint density at radius 3 is 2.93 bits per heavy atom. The number of hydrogen-bond donors (Lipinski definition) is 0. The molecule has 0 saturated carbocycles. The molecule has 0 amide bonds. The molecule has 0 fully saturated rings. The van der Waals surface area contributed by atoms with E-state index in [1.165, 1.54) is 18.3 Å². The summed E-state index contributed by atoms with van der Waals surface area (Å²) in [5.41, 5.74) is 0.814. The summed E-state index contributed by atoms with van der Waals surface area (Å²) in [4.78, 5) is 18.8. The summed E-state index contributed by atoms with van der Waals surface area (Å²) in [6.07, 6.45) is 0. The molecule has 1 aromatic rings. The Morgan fingerprint density at radius 2 is 2.43 bits per heavy atom. The number of aromatic nitrogens is 1. The van der Waals surface area contributed by atoms with Gasteiger partial charge in [0.2, 0.25) is 0 Å². The van der Waals surface area contributed by atoms with Crippen molar-refractivity contribution in [2.24, 2.45) is 5.16 Å². The molecule has 0 N–H and O–H groups in total. The standard InChI is InChI=1S/C8H7N3O2S/c1-5(11-13-6(2)12)8-10-7(3-9)4-14-8/h4H,1-2H3. The van der Waals surface area contributed by atoms with Gasteiger partial charge in [-0.15, -0.1) is 11.3 Å². The molecule has 0 atom stereocenters. The van der Waals surface area contributed by atoms with E-state index in [2.05, 4.69) is 15.0 Å². The smallest absolute Gasteiger partial charge is 0.318 e. The van der Waals surface area contributed by atoms with E-state index in [0.29, 0.717) is 16.4 Å². The first-order valence-electron chi connectivity index (χ1n) is 3.71. The van der Waals surface area contributed by atoms with Crippen LogP contribution in [0.2, 0.25) is 0 Å². The molecule has 0 aliphatic heterocycles. The monoisotopic (exact) mass is 209 g/mol. The lowest BCUT2D eigenvalue weighted by Crippen LogP contribution is -1.98. The molecule has 0 aromatic carbocycles. The van der Waals surface area contributed by atoms with Gasteiger partial charge in [-0.3, -0.25) is 0 Å². The molecular weight excluding hydrogens is 202 g/mol. The molecule has 0 unspecified atom stereocenters. The highest BCUT2D eigenvalue weighted by Gasteiger charge is 2.05. The van der Waals surface area contributed by atoms with Crippen molar-refractivity contribution < 1.29 is 9.63 Å². The van der Waals surface area contributed by atoms with Gasteiger partial charge in [-0.25, -0.2) is 9.78 Å². The Balaban J connectivity index is 2.79. The zero-order valence-corrected chi connectivity index (χ0v) is 8.46. The van der Waals surface area contributed by atoms with Gasteiger partial charge in [-0.1, -0.05) is 5.16 Å².